The Hall–Kier alpha value is -1.50. The van der Waals surface area contributed by atoms with Crippen molar-refractivity contribution >= 4 is 5.69 Å². The molecule has 0 aromatic heterocycles. The van der Waals surface area contributed by atoms with Crippen molar-refractivity contribution in [1.82, 2.24) is 0 Å². The summed E-state index contributed by atoms with van der Waals surface area (Å²) in [6, 6.07) is 8.85. The molecule has 0 bridgehead atoms. The van der Waals surface area contributed by atoms with Crippen LogP contribution in [0.2, 0.25) is 0 Å². The van der Waals surface area contributed by atoms with Gasteiger partial charge in [-0.1, -0.05) is 43.4 Å². The zero-order valence-corrected chi connectivity index (χ0v) is 11.1. The third kappa shape index (κ3) is 2.10. The standard InChI is InChI=1S/C17H21N/c1-2-14-7-5-6-10-17(14)18-12-11-15-8-3-4-9-16(15)13-18/h3-7,9-10,15H,2,8,11-13H2,1H3. The van der Waals surface area contributed by atoms with Gasteiger partial charge in [0.05, 0.1) is 0 Å². The van der Waals surface area contributed by atoms with Crippen LogP contribution in [-0.2, 0) is 6.42 Å². The van der Waals surface area contributed by atoms with Crippen molar-refractivity contribution in [2.45, 2.75) is 26.2 Å². The number of aryl methyl sites for hydroxylation is 1. The van der Waals surface area contributed by atoms with E-state index in [-0.39, 0.29) is 0 Å². The molecule has 1 nitrogen and oxygen atoms in total. The fraction of sp³-hybridized carbons (Fsp3) is 0.412. The van der Waals surface area contributed by atoms with Crippen LogP contribution in [0.25, 0.3) is 0 Å². The molecule has 3 rings (SSSR count). The van der Waals surface area contributed by atoms with E-state index in [0.29, 0.717) is 0 Å². The minimum atomic E-state index is 0.806. The van der Waals surface area contributed by atoms with Gasteiger partial charge in [-0.25, -0.2) is 0 Å². The Morgan fingerprint density at radius 2 is 2.17 bits per heavy atom. The van der Waals surface area contributed by atoms with Gasteiger partial charge in [-0.2, -0.15) is 0 Å². The highest BCUT2D eigenvalue weighted by molar-refractivity contribution is 5.55. The Kier molecular flexibility index (Phi) is 3.22. The van der Waals surface area contributed by atoms with Crippen LogP contribution >= 0.6 is 0 Å². The molecule has 1 aromatic carbocycles. The second-order valence-corrected chi connectivity index (χ2v) is 5.29. The van der Waals surface area contributed by atoms with Crippen LogP contribution in [-0.4, -0.2) is 13.1 Å². The maximum atomic E-state index is 2.56. The Labute approximate surface area is 110 Å². The summed E-state index contributed by atoms with van der Waals surface area (Å²) >= 11 is 0. The van der Waals surface area contributed by atoms with Gasteiger partial charge in [0.15, 0.2) is 0 Å². The molecule has 18 heavy (non-hydrogen) atoms. The Balaban J connectivity index is 1.85. The SMILES string of the molecule is CCc1ccccc1N1CCC2CC=CC=C2C1. The summed E-state index contributed by atoms with van der Waals surface area (Å²) in [6.07, 6.45) is 10.5. The molecular weight excluding hydrogens is 218 g/mol. The van der Waals surface area contributed by atoms with Crippen LogP contribution in [0.1, 0.15) is 25.3 Å². The van der Waals surface area contributed by atoms with Gasteiger partial charge in [-0.15, -0.1) is 0 Å². The lowest BCUT2D eigenvalue weighted by Crippen LogP contribution is -2.36. The van der Waals surface area contributed by atoms with Crippen molar-refractivity contribution in [2.75, 3.05) is 18.0 Å². The molecule has 2 aliphatic rings. The summed E-state index contributed by atoms with van der Waals surface area (Å²) in [7, 11) is 0. The molecule has 1 unspecified atom stereocenters. The first-order valence-electron chi connectivity index (χ1n) is 7.07. The number of fused-ring (bicyclic) bond motifs is 1. The molecular formula is C17H21N. The van der Waals surface area contributed by atoms with E-state index in [1.165, 1.54) is 30.6 Å². The average Bonchev–Trinajstić information content (AvgIpc) is 2.46. The minimum absolute atomic E-state index is 0.806. The van der Waals surface area contributed by atoms with Gasteiger partial charge >= 0.3 is 0 Å². The smallest absolute Gasteiger partial charge is 0.0401 e. The van der Waals surface area contributed by atoms with Crippen LogP contribution in [0.3, 0.4) is 0 Å². The van der Waals surface area contributed by atoms with E-state index in [0.717, 1.165) is 18.9 Å². The van der Waals surface area contributed by atoms with E-state index in [1.54, 1.807) is 5.57 Å². The lowest BCUT2D eigenvalue weighted by molar-refractivity contribution is 0.502. The van der Waals surface area contributed by atoms with Crippen LogP contribution in [0.5, 0.6) is 0 Å². The lowest BCUT2D eigenvalue weighted by Gasteiger charge is -2.37. The Bertz CT molecular complexity index is 484. The van der Waals surface area contributed by atoms with Crippen molar-refractivity contribution in [2.24, 2.45) is 5.92 Å². The molecule has 1 heterocycles. The Morgan fingerprint density at radius 3 is 3.06 bits per heavy atom. The second kappa shape index (κ2) is 5.01. The van der Waals surface area contributed by atoms with Gasteiger partial charge in [0.2, 0.25) is 0 Å². The van der Waals surface area contributed by atoms with Crippen molar-refractivity contribution < 1.29 is 0 Å². The predicted octanol–water partition coefficient (Wildman–Crippen LogP) is 3.96. The zero-order chi connectivity index (χ0) is 12.4. The third-order valence-corrected chi connectivity index (χ3v) is 4.23. The van der Waals surface area contributed by atoms with Crippen LogP contribution in [0.4, 0.5) is 5.69 Å². The molecule has 1 aromatic rings. The summed E-state index contributed by atoms with van der Waals surface area (Å²) in [5, 5.41) is 0. The van der Waals surface area contributed by atoms with Crippen LogP contribution in [0.15, 0.2) is 48.1 Å². The average molecular weight is 239 g/mol. The van der Waals surface area contributed by atoms with E-state index >= 15 is 0 Å². The summed E-state index contributed by atoms with van der Waals surface area (Å²) in [5.41, 5.74) is 4.53. The fourth-order valence-electron chi connectivity index (χ4n) is 3.14. The molecule has 0 N–H and O–H groups in total. The van der Waals surface area contributed by atoms with Crippen LogP contribution in [0, 0.1) is 5.92 Å². The summed E-state index contributed by atoms with van der Waals surface area (Å²) in [4.78, 5) is 2.56. The van der Waals surface area contributed by atoms with Gasteiger partial charge in [-0.05, 0) is 42.4 Å². The van der Waals surface area contributed by atoms with Crippen molar-refractivity contribution in [3.8, 4) is 0 Å². The third-order valence-electron chi connectivity index (χ3n) is 4.23. The van der Waals surface area contributed by atoms with Gasteiger partial charge in [0.25, 0.3) is 0 Å². The van der Waals surface area contributed by atoms with E-state index in [9.17, 15) is 0 Å². The topological polar surface area (TPSA) is 3.24 Å². The highest BCUT2D eigenvalue weighted by Crippen LogP contribution is 2.32. The number of nitrogens with zero attached hydrogens (tertiary/aromatic N) is 1. The van der Waals surface area contributed by atoms with E-state index in [4.69, 9.17) is 0 Å². The molecule has 0 spiro atoms. The quantitative estimate of drug-likeness (QED) is 0.755. The normalized spacial score (nSPS) is 22.6. The van der Waals surface area contributed by atoms with E-state index in [2.05, 4.69) is 54.3 Å². The molecule has 0 radical (unpaired) electrons. The molecule has 0 amide bonds. The van der Waals surface area contributed by atoms with E-state index < -0.39 is 0 Å². The number of anilines is 1. The van der Waals surface area contributed by atoms with Crippen molar-refractivity contribution in [1.29, 1.82) is 0 Å². The second-order valence-electron chi connectivity index (χ2n) is 5.29. The monoisotopic (exact) mass is 239 g/mol. The molecule has 1 saturated heterocycles. The maximum absolute atomic E-state index is 2.56. The van der Waals surface area contributed by atoms with E-state index in [1.807, 2.05) is 0 Å². The maximum Gasteiger partial charge on any atom is 0.0401 e. The Morgan fingerprint density at radius 1 is 1.28 bits per heavy atom. The predicted molar refractivity (Wildman–Crippen MR) is 78.0 cm³/mol. The first-order valence-corrected chi connectivity index (χ1v) is 7.07. The molecule has 1 aliphatic heterocycles. The molecule has 0 saturated carbocycles. The highest BCUT2D eigenvalue weighted by Gasteiger charge is 2.24. The molecule has 1 aliphatic carbocycles. The van der Waals surface area contributed by atoms with Gasteiger partial charge in [-0.3, -0.25) is 0 Å². The number of benzene rings is 1. The van der Waals surface area contributed by atoms with Crippen molar-refractivity contribution in [3.05, 3.63) is 53.6 Å². The largest absolute Gasteiger partial charge is 0.367 e. The van der Waals surface area contributed by atoms with Crippen LogP contribution < -0.4 is 4.90 Å². The van der Waals surface area contributed by atoms with Crippen molar-refractivity contribution in [3.63, 3.8) is 0 Å². The van der Waals surface area contributed by atoms with Gasteiger partial charge < -0.3 is 4.90 Å². The summed E-state index contributed by atoms with van der Waals surface area (Å²) in [6.45, 7) is 4.56. The minimum Gasteiger partial charge on any atom is -0.367 e. The summed E-state index contributed by atoms with van der Waals surface area (Å²) < 4.78 is 0. The molecule has 94 valence electrons. The first kappa shape index (κ1) is 11.6. The number of para-hydroxylation sites is 1. The lowest BCUT2D eigenvalue weighted by atomic mass is 9.85. The van der Waals surface area contributed by atoms with Gasteiger partial charge in [0.1, 0.15) is 0 Å². The number of piperidine rings is 1. The number of rotatable bonds is 2. The summed E-state index contributed by atoms with van der Waals surface area (Å²) in [5.74, 6) is 0.806. The molecule has 1 heteroatoms. The highest BCUT2D eigenvalue weighted by atomic mass is 15.1. The number of allylic oxidation sites excluding steroid dienone is 3. The number of hydrogen-bond donors (Lipinski definition) is 0. The zero-order valence-electron chi connectivity index (χ0n) is 11.1. The molecule has 1 fully saturated rings. The fourth-order valence-corrected chi connectivity index (χ4v) is 3.14. The van der Waals surface area contributed by atoms with Gasteiger partial charge in [0, 0.05) is 18.8 Å². The first-order chi connectivity index (χ1) is 8.88. The number of hydrogen-bond acceptors (Lipinski definition) is 1. The molecule has 1 atom stereocenters.